The molecule has 0 saturated heterocycles. The van der Waals surface area contributed by atoms with Crippen molar-refractivity contribution in [1.29, 1.82) is 0 Å². The molecule has 0 fully saturated rings. The van der Waals surface area contributed by atoms with Crippen LogP contribution in [0.4, 0.5) is 0 Å². The van der Waals surface area contributed by atoms with Crippen LogP contribution in [0.3, 0.4) is 0 Å². The number of Topliss-reactive ketones (excluding diaryl/α,β-unsaturated/α-hetero) is 1. The molecule has 3 nitrogen and oxygen atoms in total. The number of rotatable bonds is 5. The number of hydrogen-bond acceptors (Lipinski definition) is 3. The summed E-state index contributed by atoms with van der Waals surface area (Å²) in [4.78, 5) is 29.7. The molecule has 32 heavy (non-hydrogen) atoms. The molecule has 0 heterocycles. The summed E-state index contributed by atoms with van der Waals surface area (Å²) in [5.74, 6) is 2.05. The molecule has 0 aromatic heterocycles. The highest BCUT2D eigenvalue weighted by atomic mass is 31.2. The van der Waals surface area contributed by atoms with Gasteiger partial charge >= 0.3 is 6.15 Å². The molecule has 0 N–H and O–H groups in total. The van der Waals surface area contributed by atoms with Gasteiger partial charge in [-0.15, -0.1) is 0 Å². The first-order valence-corrected chi connectivity index (χ1v) is 12.0. The monoisotopic (exact) mass is 438 g/mol. The van der Waals surface area contributed by atoms with Gasteiger partial charge in [-0.05, 0) is 35.5 Å². The van der Waals surface area contributed by atoms with Crippen LogP contribution in [-0.2, 0) is 9.59 Å². The standard InChI is InChI=1S/C27H23OP.CO2/c1-22-17-19-23(20-18-22)27(28)21-29(24-11-5-2-6-12-24,25-13-7-3-8-14-25)26-15-9-4-10-16-26;2-1-3/h2-21H,1H3;. The van der Waals surface area contributed by atoms with Gasteiger partial charge in [0.2, 0.25) is 0 Å². The molecular weight excluding hydrogens is 415 g/mol. The maximum atomic E-state index is 13.5. The van der Waals surface area contributed by atoms with Crippen LogP contribution in [0.15, 0.2) is 115 Å². The van der Waals surface area contributed by atoms with Crippen LogP contribution in [0.2, 0.25) is 0 Å². The normalized spacial score (nSPS) is 10.3. The second-order valence-electron chi connectivity index (χ2n) is 7.17. The van der Waals surface area contributed by atoms with E-state index in [-0.39, 0.29) is 11.9 Å². The van der Waals surface area contributed by atoms with Crippen molar-refractivity contribution in [2.75, 3.05) is 0 Å². The third-order valence-electron chi connectivity index (χ3n) is 5.14. The Labute approximate surface area is 188 Å². The van der Waals surface area contributed by atoms with Gasteiger partial charge in [0.1, 0.15) is 0 Å². The van der Waals surface area contributed by atoms with E-state index < -0.39 is 6.89 Å². The fourth-order valence-electron chi connectivity index (χ4n) is 3.63. The Kier molecular flexibility index (Phi) is 7.89. The number of aryl methyl sites for hydroxylation is 1. The molecule has 4 aromatic carbocycles. The van der Waals surface area contributed by atoms with Crippen molar-refractivity contribution in [3.63, 3.8) is 0 Å². The van der Waals surface area contributed by atoms with Crippen molar-refractivity contribution in [3.05, 3.63) is 126 Å². The highest BCUT2D eigenvalue weighted by Gasteiger charge is 2.26. The van der Waals surface area contributed by atoms with Crippen molar-refractivity contribution in [2.24, 2.45) is 0 Å². The minimum absolute atomic E-state index is 0.0647. The summed E-state index contributed by atoms with van der Waals surface area (Å²) in [7, 11) is 0. The third kappa shape index (κ3) is 5.10. The molecule has 0 aliphatic rings. The lowest BCUT2D eigenvalue weighted by Gasteiger charge is -2.28. The maximum absolute atomic E-state index is 13.5. The molecule has 0 aliphatic carbocycles. The number of hydrogen-bond donors (Lipinski definition) is 0. The molecule has 0 amide bonds. The zero-order valence-electron chi connectivity index (χ0n) is 17.7. The van der Waals surface area contributed by atoms with Crippen LogP contribution in [0, 0.1) is 6.92 Å². The van der Waals surface area contributed by atoms with E-state index in [9.17, 15) is 4.79 Å². The van der Waals surface area contributed by atoms with E-state index in [1.807, 2.05) is 55.2 Å². The second kappa shape index (κ2) is 11.0. The van der Waals surface area contributed by atoms with Gasteiger partial charge in [0, 0.05) is 5.56 Å². The minimum atomic E-state index is -2.26. The number of carbonyl (C=O) groups is 1. The Hall–Kier alpha value is -3.77. The van der Waals surface area contributed by atoms with Gasteiger partial charge in [0.25, 0.3) is 0 Å². The van der Waals surface area contributed by atoms with E-state index in [1.165, 1.54) is 15.9 Å². The molecule has 0 radical (unpaired) electrons. The zero-order chi connectivity index (χ0) is 22.8. The molecule has 4 rings (SSSR count). The van der Waals surface area contributed by atoms with Crippen molar-refractivity contribution in [1.82, 2.24) is 0 Å². The molecule has 0 bridgehead atoms. The highest BCUT2D eigenvalue weighted by molar-refractivity contribution is 7.95. The molecule has 4 heteroatoms. The number of ketones is 1. The van der Waals surface area contributed by atoms with Crippen LogP contribution in [0.1, 0.15) is 15.9 Å². The Balaban J connectivity index is 0.000000913. The summed E-state index contributed by atoms with van der Waals surface area (Å²) in [5.41, 5.74) is 1.87. The van der Waals surface area contributed by atoms with Crippen LogP contribution >= 0.6 is 6.89 Å². The van der Waals surface area contributed by atoms with E-state index in [0.29, 0.717) is 0 Å². The highest BCUT2D eigenvalue weighted by Crippen LogP contribution is 2.43. The van der Waals surface area contributed by atoms with Gasteiger partial charge < -0.3 is 0 Å². The van der Waals surface area contributed by atoms with Crippen molar-refractivity contribution >= 4 is 40.5 Å². The first-order valence-electron chi connectivity index (χ1n) is 10.1. The first-order chi connectivity index (χ1) is 15.6. The predicted octanol–water partition coefficient (Wildman–Crippen LogP) is 4.39. The summed E-state index contributed by atoms with van der Waals surface area (Å²) < 4.78 is 0. The van der Waals surface area contributed by atoms with E-state index >= 15 is 0 Å². The molecular formula is C28H23O3P. The second-order valence-corrected chi connectivity index (χ2v) is 10.4. The first kappa shape index (κ1) is 22.9. The lowest BCUT2D eigenvalue weighted by molar-refractivity contribution is -0.191. The molecule has 4 aromatic rings. The average Bonchev–Trinajstić information content (AvgIpc) is 2.85. The summed E-state index contributed by atoms with van der Waals surface area (Å²) in [6.07, 6.45) is 0.250. The minimum Gasteiger partial charge on any atom is -0.289 e. The molecule has 158 valence electrons. The fourth-order valence-corrected chi connectivity index (χ4v) is 7.40. The quantitative estimate of drug-likeness (QED) is 0.343. The summed E-state index contributed by atoms with van der Waals surface area (Å²) in [6.45, 7) is -0.226. The average molecular weight is 438 g/mol. The number of carbonyl (C=O) groups excluding carboxylic acids is 3. The topological polar surface area (TPSA) is 51.2 Å². The van der Waals surface area contributed by atoms with Gasteiger partial charge in [-0.1, -0.05) is 121 Å². The van der Waals surface area contributed by atoms with Gasteiger partial charge in [0.05, 0.1) is 0 Å². The van der Waals surface area contributed by atoms with E-state index in [0.717, 1.165) is 11.1 Å². The van der Waals surface area contributed by atoms with E-state index in [1.54, 1.807) is 0 Å². The third-order valence-corrected chi connectivity index (χ3v) is 9.10. The summed E-state index contributed by atoms with van der Waals surface area (Å²) in [5, 5.41) is 3.54. The SMILES string of the molecule is Cc1ccc(C(=O)C=P(c2ccccc2)(c2ccccc2)c2ccccc2)cc1.O=C=O. The van der Waals surface area contributed by atoms with Gasteiger partial charge in [-0.2, -0.15) is 9.59 Å². The molecule has 0 aliphatic heterocycles. The Morgan fingerprint density at radius 1 is 0.625 bits per heavy atom. The van der Waals surface area contributed by atoms with Crippen molar-refractivity contribution in [3.8, 4) is 0 Å². The lowest BCUT2D eigenvalue weighted by Crippen LogP contribution is -2.28. The number of benzene rings is 4. The van der Waals surface area contributed by atoms with Gasteiger partial charge in [0.15, 0.2) is 5.78 Å². The van der Waals surface area contributed by atoms with E-state index in [4.69, 9.17) is 9.59 Å². The van der Waals surface area contributed by atoms with Crippen molar-refractivity contribution in [2.45, 2.75) is 6.92 Å². The van der Waals surface area contributed by atoms with Crippen molar-refractivity contribution < 1.29 is 14.4 Å². The largest absolute Gasteiger partial charge is 0.373 e. The molecule has 0 saturated carbocycles. The fraction of sp³-hybridized carbons (Fsp3) is 0.0357. The lowest BCUT2D eigenvalue weighted by atomic mass is 10.1. The zero-order valence-corrected chi connectivity index (χ0v) is 18.6. The van der Waals surface area contributed by atoms with Crippen LogP contribution < -0.4 is 15.9 Å². The summed E-state index contributed by atoms with van der Waals surface area (Å²) in [6, 6.07) is 39.1. The maximum Gasteiger partial charge on any atom is 0.373 e. The van der Waals surface area contributed by atoms with Crippen LogP contribution in [0.25, 0.3) is 0 Å². The van der Waals surface area contributed by atoms with Gasteiger partial charge in [-0.3, -0.25) is 4.79 Å². The smallest absolute Gasteiger partial charge is 0.289 e. The summed E-state index contributed by atoms with van der Waals surface area (Å²) >= 11 is 0. The molecule has 0 atom stereocenters. The van der Waals surface area contributed by atoms with Crippen LogP contribution in [0.5, 0.6) is 0 Å². The van der Waals surface area contributed by atoms with Crippen LogP contribution in [-0.4, -0.2) is 17.7 Å². The predicted molar refractivity (Wildman–Crippen MR) is 132 cm³/mol. The Morgan fingerprint density at radius 2 is 0.969 bits per heavy atom. The van der Waals surface area contributed by atoms with E-state index in [2.05, 4.69) is 72.8 Å². The molecule has 0 spiro atoms. The Bertz CT molecular complexity index is 1140. The Morgan fingerprint density at radius 3 is 1.31 bits per heavy atom. The molecule has 0 unspecified atom stereocenters. The van der Waals surface area contributed by atoms with Gasteiger partial charge in [-0.25, -0.2) is 0 Å².